The fraction of sp³-hybridized carbons (Fsp3) is 0.0500. The summed E-state index contributed by atoms with van der Waals surface area (Å²) in [6, 6.07) is 17.2. The number of methoxy groups -OCH3 is 1. The molecule has 0 spiro atoms. The number of hydrazone groups is 1. The lowest BCUT2D eigenvalue weighted by molar-refractivity contribution is 0.0732. The molecule has 0 saturated heterocycles. The van der Waals surface area contributed by atoms with Gasteiger partial charge in [0.1, 0.15) is 0 Å². The first-order chi connectivity index (χ1) is 13.1. The maximum absolute atomic E-state index is 12.7. The number of esters is 1. The lowest BCUT2D eigenvalue weighted by Crippen LogP contribution is -2.24. The summed E-state index contributed by atoms with van der Waals surface area (Å²) in [5.41, 5.74) is 8.13. The molecule has 3 aromatic rings. The van der Waals surface area contributed by atoms with Gasteiger partial charge in [-0.05, 0) is 40.6 Å². The van der Waals surface area contributed by atoms with Crippen LogP contribution in [0.15, 0.2) is 65.8 Å². The molecule has 27 heavy (non-hydrogen) atoms. The number of hydrogen-bond donors (Lipinski definition) is 2. The first-order valence-corrected chi connectivity index (χ1v) is 8.05. The van der Waals surface area contributed by atoms with Crippen molar-refractivity contribution in [3.8, 4) is 11.5 Å². The highest BCUT2D eigenvalue weighted by Gasteiger charge is 2.15. The molecule has 0 aromatic heterocycles. The smallest absolute Gasteiger partial charge is 0.344 e. The van der Waals surface area contributed by atoms with Crippen molar-refractivity contribution in [2.45, 2.75) is 0 Å². The third-order valence-corrected chi connectivity index (χ3v) is 3.79. The second kappa shape index (κ2) is 8.01. The van der Waals surface area contributed by atoms with Gasteiger partial charge in [0, 0.05) is 0 Å². The van der Waals surface area contributed by atoms with Gasteiger partial charge in [0.05, 0.1) is 18.9 Å². The molecular formula is C20H17N3O4. The Morgan fingerprint density at radius 2 is 1.81 bits per heavy atom. The van der Waals surface area contributed by atoms with Crippen molar-refractivity contribution in [3.63, 3.8) is 0 Å². The third kappa shape index (κ3) is 4.21. The van der Waals surface area contributed by atoms with Crippen LogP contribution in [0, 0.1) is 0 Å². The van der Waals surface area contributed by atoms with Crippen molar-refractivity contribution < 1.29 is 19.1 Å². The Hall–Kier alpha value is -3.87. The number of amides is 2. The Balaban J connectivity index is 1.85. The molecule has 3 aromatic carbocycles. The second-order valence-electron chi connectivity index (χ2n) is 5.56. The van der Waals surface area contributed by atoms with Crippen molar-refractivity contribution in [1.82, 2.24) is 5.43 Å². The molecule has 0 aliphatic rings. The van der Waals surface area contributed by atoms with Gasteiger partial charge >= 0.3 is 12.0 Å². The van der Waals surface area contributed by atoms with Crippen LogP contribution in [0.3, 0.4) is 0 Å². The zero-order valence-electron chi connectivity index (χ0n) is 14.5. The molecule has 0 unspecified atom stereocenters. The van der Waals surface area contributed by atoms with Gasteiger partial charge in [0.25, 0.3) is 0 Å². The van der Waals surface area contributed by atoms with E-state index in [0.717, 1.165) is 10.8 Å². The number of carbonyl (C=O) groups excluding carboxylic acids is 2. The largest absolute Gasteiger partial charge is 0.493 e. The quantitative estimate of drug-likeness (QED) is 0.315. The van der Waals surface area contributed by atoms with Crippen LogP contribution in [0.4, 0.5) is 4.79 Å². The van der Waals surface area contributed by atoms with E-state index >= 15 is 0 Å². The van der Waals surface area contributed by atoms with Crippen molar-refractivity contribution in [2.24, 2.45) is 10.8 Å². The molecule has 0 saturated carbocycles. The Kier molecular flexibility index (Phi) is 5.32. The standard InChI is InChI=1S/C20H17N3O4/c1-26-18-11-13(12-22-23-20(21)25)9-10-17(18)27-19(24)16-8-4-6-14-5-2-3-7-15(14)16/h2-12H,1H3,(H3,21,23,25)/b22-12-. The topological polar surface area (TPSA) is 103 Å². The molecule has 3 rings (SSSR count). The van der Waals surface area contributed by atoms with E-state index in [1.54, 1.807) is 24.3 Å². The fourth-order valence-corrected chi connectivity index (χ4v) is 2.58. The molecule has 0 fully saturated rings. The van der Waals surface area contributed by atoms with E-state index in [4.69, 9.17) is 15.2 Å². The second-order valence-corrected chi connectivity index (χ2v) is 5.56. The average Bonchev–Trinajstić information content (AvgIpc) is 2.68. The molecule has 0 atom stereocenters. The van der Waals surface area contributed by atoms with Crippen LogP contribution in [0.25, 0.3) is 10.8 Å². The van der Waals surface area contributed by atoms with Crippen molar-refractivity contribution in [3.05, 3.63) is 71.8 Å². The van der Waals surface area contributed by atoms with Crippen LogP contribution in [0.1, 0.15) is 15.9 Å². The van der Waals surface area contributed by atoms with Gasteiger partial charge in [-0.15, -0.1) is 0 Å². The molecule has 0 aliphatic heterocycles. The number of rotatable bonds is 5. The van der Waals surface area contributed by atoms with Gasteiger partial charge in [0.2, 0.25) is 0 Å². The van der Waals surface area contributed by atoms with E-state index in [0.29, 0.717) is 16.9 Å². The number of primary amides is 1. The van der Waals surface area contributed by atoms with Crippen LogP contribution >= 0.6 is 0 Å². The lowest BCUT2D eigenvalue weighted by atomic mass is 10.0. The van der Waals surface area contributed by atoms with Crippen LogP contribution in [-0.4, -0.2) is 25.3 Å². The molecule has 0 radical (unpaired) electrons. The van der Waals surface area contributed by atoms with E-state index in [1.807, 2.05) is 36.4 Å². The highest BCUT2D eigenvalue weighted by Crippen LogP contribution is 2.29. The molecule has 2 amide bonds. The van der Waals surface area contributed by atoms with E-state index in [1.165, 1.54) is 13.3 Å². The molecule has 0 bridgehead atoms. The summed E-state index contributed by atoms with van der Waals surface area (Å²) in [7, 11) is 1.47. The van der Waals surface area contributed by atoms with Gasteiger partial charge in [0.15, 0.2) is 11.5 Å². The number of nitrogens with two attached hydrogens (primary N) is 1. The van der Waals surface area contributed by atoms with E-state index in [2.05, 4.69) is 10.5 Å². The maximum Gasteiger partial charge on any atom is 0.344 e. The Bertz CT molecular complexity index is 1030. The monoisotopic (exact) mass is 363 g/mol. The lowest BCUT2D eigenvalue weighted by Gasteiger charge is -2.11. The van der Waals surface area contributed by atoms with Crippen molar-refractivity contribution in [1.29, 1.82) is 0 Å². The first kappa shape index (κ1) is 17.9. The SMILES string of the molecule is COc1cc(/C=N\NC(N)=O)ccc1OC(=O)c1cccc2ccccc12. The number of urea groups is 1. The fourth-order valence-electron chi connectivity index (χ4n) is 2.58. The highest BCUT2D eigenvalue weighted by atomic mass is 16.6. The number of benzene rings is 3. The number of ether oxygens (including phenoxy) is 2. The summed E-state index contributed by atoms with van der Waals surface area (Å²) in [6.45, 7) is 0. The minimum absolute atomic E-state index is 0.274. The summed E-state index contributed by atoms with van der Waals surface area (Å²) in [5, 5.41) is 5.44. The minimum atomic E-state index is -0.765. The van der Waals surface area contributed by atoms with Crippen LogP contribution in [-0.2, 0) is 0 Å². The van der Waals surface area contributed by atoms with Gasteiger partial charge in [-0.3, -0.25) is 0 Å². The van der Waals surface area contributed by atoms with E-state index < -0.39 is 12.0 Å². The van der Waals surface area contributed by atoms with Crippen molar-refractivity contribution >= 4 is 29.0 Å². The van der Waals surface area contributed by atoms with Crippen LogP contribution in [0.5, 0.6) is 11.5 Å². The summed E-state index contributed by atoms with van der Waals surface area (Å²) in [4.78, 5) is 23.3. The summed E-state index contributed by atoms with van der Waals surface area (Å²) >= 11 is 0. The van der Waals surface area contributed by atoms with E-state index in [9.17, 15) is 9.59 Å². The van der Waals surface area contributed by atoms with Crippen molar-refractivity contribution in [2.75, 3.05) is 7.11 Å². The summed E-state index contributed by atoms with van der Waals surface area (Å²) in [6.07, 6.45) is 1.39. The molecule has 7 heteroatoms. The average molecular weight is 363 g/mol. The summed E-state index contributed by atoms with van der Waals surface area (Å²) < 4.78 is 10.8. The normalized spacial score (nSPS) is 10.7. The predicted octanol–water partition coefficient (Wildman–Crippen LogP) is 3.07. The van der Waals surface area contributed by atoms with Crippen LogP contribution < -0.4 is 20.6 Å². The zero-order chi connectivity index (χ0) is 19.2. The molecular weight excluding hydrogens is 346 g/mol. The van der Waals surface area contributed by atoms with E-state index in [-0.39, 0.29) is 5.75 Å². The first-order valence-electron chi connectivity index (χ1n) is 8.05. The number of carbonyl (C=O) groups is 2. The minimum Gasteiger partial charge on any atom is -0.493 e. The van der Waals surface area contributed by atoms with Crippen LogP contribution in [0.2, 0.25) is 0 Å². The van der Waals surface area contributed by atoms with Gasteiger partial charge < -0.3 is 15.2 Å². The number of hydrogen-bond acceptors (Lipinski definition) is 5. The molecule has 136 valence electrons. The van der Waals surface area contributed by atoms with Gasteiger partial charge in [-0.2, -0.15) is 5.10 Å². The maximum atomic E-state index is 12.7. The Morgan fingerprint density at radius 3 is 2.59 bits per heavy atom. The highest BCUT2D eigenvalue weighted by molar-refractivity contribution is 6.05. The molecule has 0 aliphatic carbocycles. The molecule has 7 nitrogen and oxygen atoms in total. The Labute approximate surface area is 155 Å². The van der Waals surface area contributed by atoms with Gasteiger partial charge in [-0.25, -0.2) is 15.0 Å². The zero-order valence-corrected chi connectivity index (χ0v) is 14.5. The number of nitrogens with zero attached hydrogens (tertiary/aromatic N) is 1. The predicted molar refractivity (Wildman–Crippen MR) is 102 cm³/mol. The third-order valence-electron chi connectivity index (χ3n) is 3.79. The molecule has 0 heterocycles. The summed E-state index contributed by atoms with van der Waals surface area (Å²) in [5.74, 6) is 0.143. The number of nitrogens with one attached hydrogen (secondary N) is 1. The number of fused-ring (bicyclic) bond motifs is 1. The van der Waals surface area contributed by atoms with Gasteiger partial charge in [-0.1, -0.05) is 36.4 Å². The Morgan fingerprint density at radius 1 is 1.04 bits per heavy atom. The molecule has 3 N–H and O–H groups in total.